The smallest absolute Gasteiger partial charge is 0.276 e. The molecule has 1 saturated carbocycles. The Labute approximate surface area is 118 Å². The second-order valence-electron chi connectivity index (χ2n) is 5.32. The SMILES string of the molecule is O=C1NC(=O)C2(CCCC2)C(=O)N1c1cc(F)cc(F)c1. The molecule has 21 heavy (non-hydrogen) atoms. The molecule has 1 aromatic carbocycles. The van der Waals surface area contributed by atoms with E-state index in [1.165, 1.54) is 0 Å². The van der Waals surface area contributed by atoms with Gasteiger partial charge in [-0.3, -0.25) is 14.9 Å². The molecule has 1 saturated heterocycles. The minimum atomic E-state index is -1.29. The summed E-state index contributed by atoms with van der Waals surface area (Å²) in [5, 5.41) is 2.11. The van der Waals surface area contributed by atoms with E-state index in [9.17, 15) is 23.2 Å². The van der Waals surface area contributed by atoms with Crippen molar-refractivity contribution in [1.82, 2.24) is 5.32 Å². The number of urea groups is 1. The fraction of sp³-hybridized carbons (Fsp3) is 0.357. The standard InChI is InChI=1S/C14H12F2N2O3/c15-8-5-9(16)7-10(6-8)18-12(20)14(3-1-2-4-14)11(19)17-13(18)21/h5-7H,1-4H2,(H,17,19,21). The third-order valence-corrected chi connectivity index (χ3v) is 4.03. The van der Waals surface area contributed by atoms with Crippen molar-refractivity contribution in [2.45, 2.75) is 25.7 Å². The van der Waals surface area contributed by atoms with Crippen LogP contribution in [0, 0.1) is 17.0 Å². The van der Waals surface area contributed by atoms with E-state index in [2.05, 4.69) is 5.32 Å². The van der Waals surface area contributed by atoms with Crippen LogP contribution in [0.3, 0.4) is 0 Å². The lowest BCUT2D eigenvalue weighted by molar-refractivity contribution is -0.142. The molecule has 110 valence electrons. The lowest BCUT2D eigenvalue weighted by atomic mass is 9.82. The van der Waals surface area contributed by atoms with Gasteiger partial charge in [0.2, 0.25) is 5.91 Å². The minimum absolute atomic E-state index is 0.214. The molecule has 2 aliphatic rings. The first kappa shape index (κ1) is 13.7. The van der Waals surface area contributed by atoms with Crippen LogP contribution < -0.4 is 10.2 Å². The highest BCUT2D eigenvalue weighted by Gasteiger charge is 2.55. The summed E-state index contributed by atoms with van der Waals surface area (Å²) in [5.41, 5.74) is -1.51. The van der Waals surface area contributed by atoms with Crippen LogP contribution >= 0.6 is 0 Å². The van der Waals surface area contributed by atoms with Crippen LogP contribution in [-0.4, -0.2) is 17.8 Å². The topological polar surface area (TPSA) is 66.5 Å². The van der Waals surface area contributed by atoms with Crippen molar-refractivity contribution in [1.29, 1.82) is 0 Å². The van der Waals surface area contributed by atoms with E-state index in [4.69, 9.17) is 0 Å². The van der Waals surface area contributed by atoms with Crippen molar-refractivity contribution in [2.75, 3.05) is 4.90 Å². The van der Waals surface area contributed by atoms with Crippen LogP contribution in [0.25, 0.3) is 0 Å². The van der Waals surface area contributed by atoms with Crippen LogP contribution in [-0.2, 0) is 9.59 Å². The van der Waals surface area contributed by atoms with Gasteiger partial charge in [-0.05, 0) is 25.0 Å². The summed E-state index contributed by atoms with van der Waals surface area (Å²) in [4.78, 5) is 37.2. The summed E-state index contributed by atoms with van der Waals surface area (Å²) >= 11 is 0. The Morgan fingerprint density at radius 3 is 2.14 bits per heavy atom. The molecule has 1 aliphatic carbocycles. The summed E-state index contributed by atoms with van der Waals surface area (Å²) in [6.45, 7) is 0. The maximum Gasteiger partial charge on any atom is 0.335 e. The molecule has 7 heteroatoms. The number of benzene rings is 1. The number of imide groups is 2. The van der Waals surface area contributed by atoms with E-state index in [-0.39, 0.29) is 5.69 Å². The Morgan fingerprint density at radius 1 is 1.00 bits per heavy atom. The highest BCUT2D eigenvalue weighted by atomic mass is 19.1. The monoisotopic (exact) mass is 294 g/mol. The highest BCUT2D eigenvalue weighted by molar-refractivity contribution is 6.30. The lowest BCUT2D eigenvalue weighted by Gasteiger charge is -2.36. The molecule has 5 nitrogen and oxygen atoms in total. The van der Waals surface area contributed by atoms with Gasteiger partial charge in [0.05, 0.1) is 5.69 Å². The number of rotatable bonds is 1. The third-order valence-electron chi connectivity index (χ3n) is 4.03. The molecule has 0 unspecified atom stereocenters. The summed E-state index contributed by atoms with van der Waals surface area (Å²) < 4.78 is 26.6. The Kier molecular flexibility index (Phi) is 3.00. The first-order valence-corrected chi connectivity index (χ1v) is 6.60. The van der Waals surface area contributed by atoms with Crippen molar-refractivity contribution >= 4 is 23.5 Å². The van der Waals surface area contributed by atoms with E-state index in [0.717, 1.165) is 12.1 Å². The first-order chi connectivity index (χ1) is 9.94. The Bertz CT molecular complexity index is 633. The average Bonchev–Trinajstić information content (AvgIpc) is 2.86. The van der Waals surface area contributed by atoms with Gasteiger partial charge in [0.15, 0.2) is 0 Å². The predicted octanol–water partition coefficient (Wildman–Crippen LogP) is 2.11. The molecule has 2 fully saturated rings. The van der Waals surface area contributed by atoms with Crippen molar-refractivity contribution in [3.8, 4) is 0 Å². The first-order valence-electron chi connectivity index (χ1n) is 6.60. The Hall–Kier alpha value is -2.31. The molecule has 0 radical (unpaired) electrons. The van der Waals surface area contributed by atoms with Crippen molar-refractivity contribution in [2.24, 2.45) is 5.41 Å². The molecule has 1 aromatic rings. The summed E-state index contributed by atoms with van der Waals surface area (Å²) in [5.74, 6) is -3.13. The number of barbiturate groups is 1. The van der Waals surface area contributed by atoms with Crippen LogP contribution in [0.5, 0.6) is 0 Å². The molecular weight excluding hydrogens is 282 g/mol. The Balaban J connectivity index is 2.06. The lowest BCUT2D eigenvalue weighted by Crippen LogP contribution is -2.63. The van der Waals surface area contributed by atoms with Crippen LogP contribution in [0.1, 0.15) is 25.7 Å². The molecule has 0 bridgehead atoms. The quantitative estimate of drug-likeness (QED) is 0.807. The van der Waals surface area contributed by atoms with Gasteiger partial charge in [0, 0.05) is 6.07 Å². The minimum Gasteiger partial charge on any atom is -0.276 e. The van der Waals surface area contributed by atoms with E-state index in [0.29, 0.717) is 36.6 Å². The van der Waals surface area contributed by atoms with Gasteiger partial charge < -0.3 is 0 Å². The second kappa shape index (κ2) is 4.61. The molecule has 4 amide bonds. The second-order valence-corrected chi connectivity index (χ2v) is 5.32. The predicted molar refractivity (Wildman–Crippen MR) is 68.3 cm³/mol. The van der Waals surface area contributed by atoms with Gasteiger partial charge in [-0.2, -0.15) is 0 Å². The van der Waals surface area contributed by atoms with Gasteiger partial charge in [0.1, 0.15) is 17.0 Å². The Morgan fingerprint density at radius 2 is 1.57 bits per heavy atom. The van der Waals surface area contributed by atoms with Gasteiger partial charge in [-0.15, -0.1) is 0 Å². The zero-order valence-electron chi connectivity index (χ0n) is 11.0. The van der Waals surface area contributed by atoms with Crippen molar-refractivity contribution in [3.63, 3.8) is 0 Å². The number of amides is 4. The van der Waals surface area contributed by atoms with E-state index >= 15 is 0 Å². The largest absolute Gasteiger partial charge is 0.335 e. The van der Waals surface area contributed by atoms with Gasteiger partial charge in [-0.1, -0.05) is 12.8 Å². The van der Waals surface area contributed by atoms with Gasteiger partial charge >= 0.3 is 6.03 Å². The molecule has 0 atom stereocenters. The third kappa shape index (κ3) is 2.00. The molecule has 3 rings (SSSR count). The highest BCUT2D eigenvalue weighted by Crippen LogP contribution is 2.42. The molecule has 0 aromatic heterocycles. The number of carbonyl (C=O) groups excluding carboxylic acids is 3. The normalized spacial score (nSPS) is 21.0. The van der Waals surface area contributed by atoms with Crippen molar-refractivity contribution in [3.05, 3.63) is 29.8 Å². The maximum atomic E-state index is 13.3. The fourth-order valence-electron chi connectivity index (χ4n) is 3.00. The van der Waals surface area contributed by atoms with Gasteiger partial charge in [0.25, 0.3) is 5.91 Å². The summed E-state index contributed by atoms with van der Waals surface area (Å²) in [7, 11) is 0. The van der Waals surface area contributed by atoms with E-state index in [1.54, 1.807) is 0 Å². The fourth-order valence-corrected chi connectivity index (χ4v) is 3.00. The number of anilines is 1. The number of halogens is 2. The van der Waals surface area contributed by atoms with Gasteiger partial charge in [-0.25, -0.2) is 18.5 Å². The number of nitrogens with one attached hydrogen (secondary N) is 1. The maximum absolute atomic E-state index is 13.3. The molecule has 1 aliphatic heterocycles. The van der Waals surface area contributed by atoms with Crippen LogP contribution in [0.15, 0.2) is 18.2 Å². The number of hydrogen-bond donors (Lipinski definition) is 1. The van der Waals surface area contributed by atoms with E-state index < -0.39 is 34.9 Å². The molecule has 1 spiro atoms. The molecular formula is C14H12F2N2O3. The number of hydrogen-bond acceptors (Lipinski definition) is 3. The van der Waals surface area contributed by atoms with Crippen LogP contribution in [0.4, 0.5) is 19.3 Å². The number of nitrogens with zero attached hydrogens (tertiary/aromatic N) is 1. The summed E-state index contributed by atoms with van der Waals surface area (Å²) in [6, 6.07) is 1.44. The zero-order valence-corrected chi connectivity index (χ0v) is 11.0. The van der Waals surface area contributed by atoms with Crippen molar-refractivity contribution < 1.29 is 23.2 Å². The van der Waals surface area contributed by atoms with Crippen LogP contribution in [0.2, 0.25) is 0 Å². The zero-order chi connectivity index (χ0) is 15.2. The molecule has 1 N–H and O–H groups in total. The molecule has 1 heterocycles. The number of carbonyl (C=O) groups is 3. The van der Waals surface area contributed by atoms with E-state index in [1.807, 2.05) is 0 Å². The summed E-state index contributed by atoms with van der Waals surface area (Å²) in [6.07, 6.45) is 2.05. The average molecular weight is 294 g/mol.